The van der Waals surface area contributed by atoms with Gasteiger partial charge >= 0.3 is 5.97 Å². The third-order valence-corrected chi connectivity index (χ3v) is 5.58. The summed E-state index contributed by atoms with van der Waals surface area (Å²) in [6.07, 6.45) is 7.02. The van der Waals surface area contributed by atoms with Gasteiger partial charge in [0.25, 0.3) is 0 Å². The van der Waals surface area contributed by atoms with E-state index in [0.29, 0.717) is 30.0 Å². The Kier molecular flexibility index (Phi) is 3.55. The van der Waals surface area contributed by atoms with Crippen LogP contribution >= 0.6 is 0 Å². The van der Waals surface area contributed by atoms with Crippen molar-refractivity contribution in [3.63, 3.8) is 0 Å². The van der Waals surface area contributed by atoms with Crippen LogP contribution in [0.3, 0.4) is 0 Å². The molecule has 1 N–H and O–H groups in total. The number of ether oxygens (including phenoxy) is 2. The lowest BCUT2D eigenvalue weighted by Gasteiger charge is -2.30. The monoisotopic (exact) mass is 339 g/mol. The van der Waals surface area contributed by atoms with Gasteiger partial charge in [-0.15, -0.1) is 0 Å². The molecule has 3 atom stereocenters. The summed E-state index contributed by atoms with van der Waals surface area (Å²) in [6.45, 7) is 0. The van der Waals surface area contributed by atoms with Crippen LogP contribution in [0.4, 0.5) is 0 Å². The highest BCUT2D eigenvalue weighted by Gasteiger charge is 2.35. The van der Waals surface area contributed by atoms with Crippen molar-refractivity contribution >= 4 is 5.97 Å². The average Bonchev–Trinajstić information content (AvgIpc) is 3.24. The molecule has 0 radical (unpaired) electrons. The third kappa shape index (κ3) is 2.82. The summed E-state index contributed by atoms with van der Waals surface area (Å²) >= 11 is 0. The lowest BCUT2D eigenvalue weighted by Crippen LogP contribution is -2.42. The fourth-order valence-electron chi connectivity index (χ4n) is 4.35. The molecule has 0 amide bonds. The minimum atomic E-state index is -0.366. The van der Waals surface area contributed by atoms with E-state index in [1.54, 1.807) is 12.3 Å². The van der Waals surface area contributed by atoms with Crippen molar-refractivity contribution < 1.29 is 18.7 Å². The van der Waals surface area contributed by atoms with Gasteiger partial charge in [0.2, 0.25) is 0 Å². The number of carbonyl (C=O) groups is 1. The van der Waals surface area contributed by atoms with E-state index in [4.69, 9.17) is 13.9 Å². The van der Waals surface area contributed by atoms with Crippen LogP contribution in [0.1, 0.15) is 42.9 Å². The molecule has 1 aromatic heterocycles. The molecule has 2 bridgehead atoms. The summed E-state index contributed by atoms with van der Waals surface area (Å²) in [7, 11) is 0. The fourth-order valence-corrected chi connectivity index (χ4v) is 4.35. The standard InChI is InChI=1S/C20H21NO4/c22-20-17(18-2-1-7-23-18)8-12-3-6-15(11-19(12)25-20)24-16-9-13-4-5-14(10-16)21-13/h1-3,6-7,11,13-14,16-17,21H,4-5,8-10H2/t13-,14-,17?/m0/s1. The fraction of sp³-hybridized carbons (Fsp3) is 0.450. The van der Waals surface area contributed by atoms with Crippen LogP contribution in [0.25, 0.3) is 0 Å². The topological polar surface area (TPSA) is 60.7 Å². The third-order valence-electron chi connectivity index (χ3n) is 5.58. The van der Waals surface area contributed by atoms with Gasteiger partial charge in [-0.3, -0.25) is 4.79 Å². The van der Waals surface area contributed by atoms with E-state index in [9.17, 15) is 4.79 Å². The van der Waals surface area contributed by atoms with Crippen LogP contribution in [-0.2, 0) is 11.2 Å². The Morgan fingerprint density at radius 2 is 1.96 bits per heavy atom. The van der Waals surface area contributed by atoms with Crippen molar-refractivity contribution in [2.75, 3.05) is 0 Å². The summed E-state index contributed by atoms with van der Waals surface area (Å²) in [5.74, 6) is 1.42. The zero-order valence-electron chi connectivity index (χ0n) is 13.9. The zero-order chi connectivity index (χ0) is 16.8. The number of esters is 1. The van der Waals surface area contributed by atoms with Crippen molar-refractivity contribution in [1.82, 2.24) is 5.32 Å². The van der Waals surface area contributed by atoms with Gasteiger partial charge in [0.15, 0.2) is 0 Å². The zero-order valence-corrected chi connectivity index (χ0v) is 13.9. The molecule has 2 aromatic rings. The number of benzene rings is 1. The minimum absolute atomic E-state index is 0.243. The largest absolute Gasteiger partial charge is 0.490 e. The number of carbonyl (C=O) groups excluding carboxylic acids is 1. The molecule has 5 heteroatoms. The van der Waals surface area contributed by atoms with Crippen molar-refractivity contribution in [3.05, 3.63) is 47.9 Å². The molecular formula is C20H21NO4. The van der Waals surface area contributed by atoms with Crippen molar-refractivity contribution in [2.24, 2.45) is 0 Å². The van der Waals surface area contributed by atoms with Gasteiger partial charge in [0.05, 0.1) is 6.26 Å². The molecule has 3 aliphatic rings. The molecule has 1 aromatic carbocycles. The van der Waals surface area contributed by atoms with E-state index in [1.165, 1.54) is 12.8 Å². The number of fused-ring (bicyclic) bond motifs is 3. The Morgan fingerprint density at radius 1 is 1.12 bits per heavy atom. The first-order valence-electron chi connectivity index (χ1n) is 9.05. The Hall–Kier alpha value is -2.27. The Morgan fingerprint density at radius 3 is 2.72 bits per heavy atom. The molecule has 2 saturated heterocycles. The number of nitrogens with one attached hydrogen (secondary N) is 1. The Balaban J connectivity index is 1.33. The van der Waals surface area contributed by atoms with Crippen LogP contribution < -0.4 is 14.8 Å². The summed E-state index contributed by atoms with van der Waals surface area (Å²) in [5.41, 5.74) is 1.01. The van der Waals surface area contributed by atoms with E-state index >= 15 is 0 Å². The Bertz CT molecular complexity index is 773. The second-order valence-electron chi connectivity index (χ2n) is 7.31. The van der Waals surface area contributed by atoms with Gasteiger partial charge in [-0.25, -0.2) is 0 Å². The number of hydrogen-bond acceptors (Lipinski definition) is 5. The molecule has 4 heterocycles. The molecule has 5 rings (SSSR count). The van der Waals surface area contributed by atoms with E-state index in [0.717, 1.165) is 24.2 Å². The summed E-state index contributed by atoms with van der Waals surface area (Å²) in [4.78, 5) is 12.3. The minimum Gasteiger partial charge on any atom is -0.490 e. The van der Waals surface area contributed by atoms with Gasteiger partial charge in [-0.05, 0) is 55.9 Å². The van der Waals surface area contributed by atoms with E-state index < -0.39 is 0 Å². The average molecular weight is 339 g/mol. The van der Waals surface area contributed by atoms with Crippen molar-refractivity contribution in [1.29, 1.82) is 0 Å². The second kappa shape index (κ2) is 5.92. The highest BCUT2D eigenvalue weighted by molar-refractivity contribution is 5.82. The number of hydrogen-bond donors (Lipinski definition) is 1. The van der Waals surface area contributed by atoms with Crippen LogP contribution in [0, 0.1) is 0 Å². The van der Waals surface area contributed by atoms with Gasteiger partial charge in [0.1, 0.15) is 29.3 Å². The van der Waals surface area contributed by atoms with E-state index in [-0.39, 0.29) is 18.0 Å². The summed E-state index contributed by atoms with van der Waals surface area (Å²) in [5, 5.41) is 3.62. The summed E-state index contributed by atoms with van der Waals surface area (Å²) in [6, 6.07) is 10.6. The Labute approximate surface area is 146 Å². The molecule has 0 saturated carbocycles. The molecule has 3 aliphatic heterocycles. The van der Waals surface area contributed by atoms with Gasteiger partial charge < -0.3 is 19.2 Å². The molecule has 130 valence electrons. The molecule has 5 nitrogen and oxygen atoms in total. The van der Waals surface area contributed by atoms with Crippen LogP contribution in [0.2, 0.25) is 0 Å². The summed E-state index contributed by atoms with van der Waals surface area (Å²) < 4.78 is 17.1. The van der Waals surface area contributed by atoms with E-state index in [2.05, 4.69) is 5.32 Å². The maximum atomic E-state index is 12.3. The first-order valence-corrected chi connectivity index (χ1v) is 9.05. The highest BCUT2D eigenvalue weighted by atomic mass is 16.5. The molecular weight excluding hydrogens is 318 g/mol. The maximum Gasteiger partial charge on any atom is 0.322 e. The molecule has 0 aliphatic carbocycles. The molecule has 1 unspecified atom stereocenters. The van der Waals surface area contributed by atoms with E-state index in [1.807, 2.05) is 24.3 Å². The second-order valence-corrected chi connectivity index (χ2v) is 7.31. The highest BCUT2D eigenvalue weighted by Crippen LogP contribution is 2.37. The van der Waals surface area contributed by atoms with Gasteiger partial charge in [0, 0.05) is 18.2 Å². The first kappa shape index (κ1) is 15.0. The van der Waals surface area contributed by atoms with Crippen LogP contribution in [0.15, 0.2) is 41.0 Å². The first-order chi connectivity index (χ1) is 12.2. The number of piperidine rings is 1. The molecule has 0 spiro atoms. The maximum absolute atomic E-state index is 12.3. The van der Waals surface area contributed by atoms with Gasteiger partial charge in [-0.1, -0.05) is 6.07 Å². The van der Waals surface area contributed by atoms with Gasteiger partial charge in [-0.2, -0.15) is 0 Å². The SMILES string of the molecule is O=C1Oc2cc(OC3C[C@@H]4CC[C@@H](C3)N4)ccc2CC1c1ccco1. The van der Waals surface area contributed by atoms with Crippen LogP contribution in [0.5, 0.6) is 11.5 Å². The predicted molar refractivity (Wildman–Crippen MR) is 90.8 cm³/mol. The smallest absolute Gasteiger partial charge is 0.322 e. The molecule has 2 fully saturated rings. The predicted octanol–water partition coefficient (Wildman–Crippen LogP) is 3.19. The lowest BCUT2D eigenvalue weighted by molar-refractivity contribution is -0.137. The number of rotatable bonds is 3. The normalized spacial score (nSPS) is 30.6. The quantitative estimate of drug-likeness (QED) is 0.687. The van der Waals surface area contributed by atoms with Crippen molar-refractivity contribution in [2.45, 2.75) is 56.2 Å². The lowest BCUT2D eigenvalue weighted by atomic mass is 9.94. The molecule has 25 heavy (non-hydrogen) atoms. The van der Waals surface area contributed by atoms with Crippen LogP contribution in [-0.4, -0.2) is 24.2 Å². The number of furan rings is 1. The van der Waals surface area contributed by atoms with Crippen molar-refractivity contribution in [3.8, 4) is 11.5 Å².